The van der Waals surface area contributed by atoms with Gasteiger partial charge in [-0.3, -0.25) is 4.79 Å². The topological polar surface area (TPSA) is 56.0 Å². The van der Waals surface area contributed by atoms with Crippen molar-refractivity contribution in [2.45, 2.75) is 6.92 Å². The van der Waals surface area contributed by atoms with Gasteiger partial charge in [0.25, 0.3) is 0 Å². The molecule has 2 N–H and O–H groups in total. The van der Waals surface area contributed by atoms with Gasteiger partial charge in [0.2, 0.25) is 5.78 Å². The molecule has 16 heavy (non-hydrogen) atoms. The van der Waals surface area contributed by atoms with Gasteiger partial charge in [0.05, 0.1) is 16.1 Å². The zero-order valence-corrected chi connectivity index (χ0v) is 10.1. The van der Waals surface area contributed by atoms with Crippen LogP contribution in [0.2, 0.25) is 5.02 Å². The van der Waals surface area contributed by atoms with E-state index in [1.807, 2.05) is 19.1 Å². The molecule has 1 heterocycles. The number of aryl methyl sites for hydroxylation is 1. The average Bonchev–Trinajstić information content (AvgIpc) is 2.64. The maximum Gasteiger partial charge on any atom is 0.206 e. The number of nitrogen functional groups attached to an aromatic ring is 1. The van der Waals surface area contributed by atoms with Gasteiger partial charge in [-0.25, -0.2) is 4.98 Å². The number of rotatable bonds is 2. The molecule has 0 fully saturated rings. The second-order valence-corrected chi connectivity index (χ2v) is 4.79. The smallest absolute Gasteiger partial charge is 0.206 e. The van der Waals surface area contributed by atoms with E-state index in [-0.39, 0.29) is 5.78 Å². The fraction of sp³-hybridized carbons (Fsp3) is 0.0909. The van der Waals surface area contributed by atoms with Crippen molar-refractivity contribution in [2.75, 3.05) is 5.73 Å². The van der Waals surface area contributed by atoms with Gasteiger partial charge in [-0.15, -0.1) is 0 Å². The van der Waals surface area contributed by atoms with Crippen molar-refractivity contribution in [3.05, 3.63) is 45.4 Å². The SMILES string of the molecule is Cc1cccc(Cl)c1C(=O)c1cnc(N)s1. The normalized spacial score (nSPS) is 10.4. The first-order valence-electron chi connectivity index (χ1n) is 4.60. The second-order valence-electron chi connectivity index (χ2n) is 3.32. The van der Waals surface area contributed by atoms with Gasteiger partial charge in [0.15, 0.2) is 5.13 Å². The number of halogens is 1. The van der Waals surface area contributed by atoms with Crippen molar-refractivity contribution in [1.82, 2.24) is 4.98 Å². The monoisotopic (exact) mass is 252 g/mol. The fourth-order valence-corrected chi connectivity index (χ4v) is 2.37. The Hall–Kier alpha value is -1.39. The van der Waals surface area contributed by atoms with E-state index in [0.717, 1.165) is 5.56 Å². The largest absolute Gasteiger partial charge is 0.375 e. The van der Waals surface area contributed by atoms with Crippen molar-refractivity contribution in [3.8, 4) is 0 Å². The van der Waals surface area contributed by atoms with Gasteiger partial charge in [0, 0.05) is 5.56 Å². The van der Waals surface area contributed by atoms with Crippen LogP contribution in [0.1, 0.15) is 20.8 Å². The molecule has 1 aromatic heterocycles. The van der Waals surface area contributed by atoms with E-state index in [1.165, 1.54) is 17.5 Å². The molecule has 0 unspecified atom stereocenters. The number of carbonyl (C=O) groups excluding carboxylic acids is 1. The van der Waals surface area contributed by atoms with Gasteiger partial charge in [-0.05, 0) is 18.6 Å². The van der Waals surface area contributed by atoms with Crippen LogP contribution in [-0.4, -0.2) is 10.8 Å². The molecule has 0 aliphatic carbocycles. The number of aromatic nitrogens is 1. The van der Waals surface area contributed by atoms with Gasteiger partial charge in [-0.1, -0.05) is 35.1 Å². The molecule has 0 aliphatic heterocycles. The molecule has 3 nitrogen and oxygen atoms in total. The van der Waals surface area contributed by atoms with Crippen LogP contribution in [0.15, 0.2) is 24.4 Å². The zero-order chi connectivity index (χ0) is 11.7. The first-order chi connectivity index (χ1) is 7.59. The lowest BCUT2D eigenvalue weighted by Crippen LogP contribution is -2.02. The molecule has 0 spiro atoms. The predicted molar refractivity (Wildman–Crippen MR) is 66.1 cm³/mol. The van der Waals surface area contributed by atoms with Gasteiger partial charge in [0.1, 0.15) is 0 Å². The Kier molecular flexibility index (Phi) is 2.94. The van der Waals surface area contributed by atoms with Crippen molar-refractivity contribution < 1.29 is 4.79 Å². The summed E-state index contributed by atoms with van der Waals surface area (Å²) in [6.07, 6.45) is 1.48. The van der Waals surface area contributed by atoms with Crippen LogP contribution < -0.4 is 5.73 Å². The first kappa shape index (κ1) is 11.1. The number of anilines is 1. The van der Waals surface area contributed by atoms with E-state index >= 15 is 0 Å². The summed E-state index contributed by atoms with van der Waals surface area (Å²) in [6.45, 7) is 1.85. The summed E-state index contributed by atoms with van der Waals surface area (Å²) in [4.78, 5) is 16.5. The Balaban J connectivity index is 2.49. The van der Waals surface area contributed by atoms with E-state index in [4.69, 9.17) is 17.3 Å². The van der Waals surface area contributed by atoms with Crippen LogP contribution in [0.3, 0.4) is 0 Å². The van der Waals surface area contributed by atoms with Crippen molar-refractivity contribution >= 4 is 33.9 Å². The lowest BCUT2D eigenvalue weighted by molar-refractivity contribution is 0.104. The number of carbonyl (C=O) groups is 1. The van der Waals surface area contributed by atoms with Crippen molar-refractivity contribution in [3.63, 3.8) is 0 Å². The Morgan fingerprint density at radius 2 is 2.25 bits per heavy atom. The minimum atomic E-state index is -0.127. The molecule has 1 aromatic carbocycles. The average molecular weight is 253 g/mol. The third kappa shape index (κ3) is 1.94. The lowest BCUT2D eigenvalue weighted by Gasteiger charge is -2.04. The molecule has 2 rings (SSSR count). The quantitative estimate of drug-likeness (QED) is 0.836. The van der Waals surface area contributed by atoms with Crippen LogP contribution in [0.5, 0.6) is 0 Å². The number of hydrogen-bond donors (Lipinski definition) is 1. The van der Waals surface area contributed by atoms with Crippen LogP contribution in [-0.2, 0) is 0 Å². The highest BCUT2D eigenvalue weighted by molar-refractivity contribution is 7.17. The molecule has 82 valence electrons. The zero-order valence-electron chi connectivity index (χ0n) is 8.53. The van der Waals surface area contributed by atoms with Crippen molar-refractivity contribution in [1.29, 1.82) is 0 Å². The summed E-state index contributed by atoms with van der Waals surface area (Å²) >= 11 is 7.18. The fourth-order valence-electron chi connectivity index (χ4n) is 1.44. The molecule has 0 bridgehead atoms. The van der Waals surface area contributed by atoms with Gasteiger partial charge < -0.3 is 5.73 Å². The molecular weight excluding hydrogens is 244 g/mol. The Labute approximate surface area is 102 Å². The van der Waals surface area contributed by atoms with Crippen LogP contribution in [0, 0.1) is 6.92 Å². The van der Waals surface area contributed by atoms with Gasteiger partial charge >= 0.3 is 0 Å². The molecule has 0 amide bonds. The minimum Gasteiger partial charge on any atom is -0.375 e. The number of hydrogen-bond acceptors (Lipinski definition) is 4. The Bertz CT molecular complexity index is 530. The molecular formula is C11H9ClN2OS. The third-order valence-electron chi connectivity index (χ3n) is 2.20. The number of benzene rings is 1. The molecule has 0 saturated heterocycles. The van der Waals surface area contributed by atoms with Crippen molar-refractivity contribution in [2.24, 2.45) is 0 Å². The molecule has 2 aromatic rings. The van der Waals surface area contributed by atoms with Gasteiger partial charge in [-0.2, -0.15) is 0 Å². The summed E-state index contributed by atoms with van der Waals surface area (Å²) in [7, 11) is 0. The van der Waals surface area contributed by atoms with E-state index in [1.54, 1.807) is 6.07 Å². The standard InChI is InChI=1S/C11H9ClN2OS/c1-6-3-2-4-7(12)9(6)10(15)8-5-14-11(13)16-8/h2-5H,1H3,(H2,13,14). The van der Waals surface area contributed by atoms with Crippen LogP contribution in [0.25, 0.3) is 0 Å². The number of nitrogens with zero attached hydrogens (tertiary/aromatic N) is 1. The molecule has 0 atom stereocenters. The lowest BCUT2D eigenvalue weighted by atomic mass is 10.0. The highest BCUT2D eigenvalue weighted by Gasteiger charge is 2.17. The minimum absolute atomic E-state index is 0.127. The van der Waals surface area contributed by atoms with E-state index in [9.17, 15) is 4.79 Å². The third-order valence-corrected chi connectivity index (χ3v) is 3.34. The second kappa shape index (κ2) is 4.23. The highest BCUT2D eigenvalue weighted by atomic mass is 35.5. The predicted octanol–water partition coefficient (Wildman–Crippen LogP) is 2.92. The van der Waals surface area contributed by atoms with E-state index in [0.29, 0.717) is 20.6 Å². The highest BCUT2D eigenvalue weighted by Crippen LogP contribution is 2.25. The van der Waals surface area contributed by atoms with Crippen LogP contribution in [0.4, 0.5) is 5.13 Å². The summed E-state index contributed by atoms with van der Waals surface area (Å²) in [6, 6.07) is 5.37. The summed E-state index contributed by atoms with van der Waals surface area (Å²) < 4.78 is 0. The number of thiazole rings is 1. The number of nitrogens with two attached hydrogens (primary N) is 1. The maximum absolute atomic E-state index is 12.1. The molecule has 0 saturated carbocycles. The van der Waals surface area contributed by atoms with E-state index < -0.39 is 0 Å². The summed E-state index contributed by atoms with van der Waals surface area (Å²) in [5.41, 5.74) is 6.87. The van der Waals surface area contributed by atoms with E-state index in [2.05, 4.69) is 4.98 Å². The first-order valence-corrected chi connectivity index (χ1v) is 5.80. The summed E-state index contributed by atoms with van der Waals surface area (Å²) in [5.74, 6) is -0.127. The molecule has 0 aliphatic rings. The Morgan fingerprint density at radius 1 is 1.50 bits per heavy atom. The maximum atomic E-state index is 12.1. The summed E-state index contributed by atoms with van der Waals surface area (Å²) in [5, 5.41) is 0.838. The van der Waals surface area contributed by atoms with Crippen LogP contribution >= 0.6 is 22.9 Å². The number of ketones is 1. The molecule has 0 radical (unpaired) electrons. The Morgan fingerprint density at radius 3 is 2.81 bits per heavy atom. The molecule has 5 heteroatoms.